The van der Waals surface area contributed by atoms with Crippen molar-refractivity contribution in [3.8, 4) is 0 Å². The first-order chi connectivity index (χ1) is 9.20. The molecule has 1 fully saturated rings. The second-order valence-electron chi connectivity index (χ2n) is 4.61. The maximum Gasteiger partial charge on any atom is 0.138 e. The number of benzene rings is 1. The van der Waals surface area contributed by atoms with Gasteiger partial charge in [0.1, 0.15) is 11.6 Å². The Bertz CT molecular complexity index is 610. The van der Waals surface area contributed by atoms with Gasteiger partial charge in [-0.25, -0.2) is 9.37 Å². The summed E-state index contributed by atoms with van der Waals surface area (Å²) in [5, 5.41) is 0. The van der Waals surface area contributed by atoms with E-state index in [0.717, 1.165) is 29.9 Å². The average Bonchev–Trinajstić information content (AvgIpc) is 2.98. The Hall–Kier alpha value is -0.400. The maximum atomic E-state index is 13.8. The van der Waals surface area contributed by atoms with Crippen LogP contribution in [0.5, 0.6) is 0 Å². The molecule has 2 aromatic rings. The number of fused-ring (bicyclic) bond motifs is 1. The second-order valence-corrected chi connectivity index (χ2v) is 6.15. The molecular formula is C13H13ClFIN2O. The quantitative estimate of drug-likeness (QED) is 0.588. The van der Waals surface area contributed by atoms with Crippen molar-refractivity contribution >= 4 is 45.2 Å². The van der Waals surface area contributed by atoms with Crippen LogP contribution in [-0.4, -0.2) is 28.6 Å². The number of hydrogen-bond acceptors (Lipinski definition) is 2. The molecule has 0 N–H and O–H groups in total. The van der Waals surface area contributed by atoms with Gasteiger partial charge in [0.15, 0.2) is 0 Å². The van der Waals surface area contributed by atoms with Crippen molar-refractivity contribution in [1.29, 1.82) is 0 Å². The van der Waals surface area contributed by atoms with Gasteiger partial charge in [-0.2, -0.15) is 0 Å². The molecule has 0 bridgehead atoms. The molecule has 1 aromatic carbocycles. The third-order valence-corrected chi connectivity index (χ3v) is 4.41. The zero-order valence-corrected chi connectivity index (χ0v) is 13.1. The van der Waals surface area contributed by atoms with Crippen LogP contribution in [0.4, 0.5) is 4.39 Å². The summed E-state index contributed by atoms with van der Waals surface area (Å²) in [5.41, 5.74) is 1.67. The Morgan fingerprint density at radius 1 is 1.53 bits per heavy atom. The zero-order chi connectivity index (χ0) is 13.4. The molecule has 19 heavy (non-hydrogen) atoms. The molecule has 2 heterocycles. The predicted molar refractivity (Wildman–Crippen MR) is 81.3 cm³/mol. The monoisotopic (exact) mass is 394 g/mol. The SMILES string of the molecule is Fc1cc2c(cc1I)nc(CCCl)n2C1CCOC1. The molecule has 1 atom stereocenters. The molecule has 1 unspecified atom stereocenters. The summed E-state index contributed by atoms with van der Waals surface area (Å²) in [6.45, 7) is 1.41. The summed E-state index contributed by atoms with van der Waals surface area (Å²) in [6.07, 6.45) is 1.62. The standard InChI is InChI=1S/C13H13ClFIN2O/c14-3-1-13-17-11-6-10(16)9(15)5-12(11)18(13)8-2-4-19-7-8/h5-6,8H,1-4,7H2. The van der Waals surface area contributed by atoms with E-state index in [1.54, 1.807) is 12.1 Å². The maximum absolute atomic E-state index is 13.8. The second kappa shape index (κ2) is 5.54. The van der Waals surface area contributed by atoms with E-state index in [0.29, 0.717) is 22.5 Å². The van der Waals surface area contributed by atoms with Crippen molar-refractivity contribution < 1.29 is 9.13 Å². The highest BCUT2D eigenvalue weighted by atomic mass is 127. The highest BCUT2D eigenvalue weighted by Gasteiger charge is 2.23. The van der Waals surface area contributed by atoms with Crippen LogP contribution in [0.2, 0.25) is 0 Å². The van der Waals surface area contributed by atoms with E-state index in [4.69, 9.17) is 16.3 Å². The van der Waals surface area contributed by atoms with Gasteiger partial charge in [-0.1, -0.05) is 0 Å². The van der Waals surface area contributed by atoms with E-state index in [-0.39, 0.29) is 11.9 Å². The number of aromatic nitrogens is 2. The van der Waals surface area contributed by atoms with Crippen LogP contribution < -0.4 is 0 Å². The van der Waals surface area contributed by atoms with Crippen LogP contribution in [0.3, 0.4) is 0 Å². The zero-order valence-electron chi connectivity index (χ0n) is 10.2. The lowest BCUT2D eigenvalue weighted by atomic mass is 10.2. The van der Waals surface area contributed by atoms with E-state index >= 15 is 0 Å². The third-order valence-electron chi connectivity index (χ3n) is 3.39. The van der Waals surface area contributed by atoms with Crippen molar-refractivity contribution in [3.63, 3.8) is 0 Å². The molecule has 1 aromatic heterocycles. The molecule has 3 rings (SSSR count). The first kappa shape index (κ1) is 13.6. The number of halogens is 3. The Kier molecular flexibility index (Phi) is 3.96. The molecule has 0 amide bonds. The molecule has 102 valence electrons. The summed E-state index contributed by atoms with van der Waals surface area (Å²) >= 11 is 7.83. The molecule has 0 aliphatic carbocycles. The normalized spacial score (nSPS) is 19.4. The van der Waals surface area contributed by atoms with Gasteiger partial charge in [0.05, 0.1) is 27.3 Å². The van der Waals surface area contributed by atoms with Crippen LogP contribution in [0, 0.1) is 9.39 Å². The lowest BCUT2D eigenvalue weighted by Crippen LogP contribution is -2.12. The van der Waals surface area contributed by atoms with E-state index in [1.165, 1.54) is 0 Å². The summed E-state index contributed by atoms with van der Waals surface area (Å²) in [5.74, 6) is 1.23. The minimum absolute atomic E-state index is 0.203. The van der Waals surface area contributed by atoms with Crippen molar-refractivity contribution in [2.24, 2.45) is 0 Å². The largest absolute Gasteiger partial charge is 0.379 e. The third kappa shape index (κ3) is 2.48. The fraction of sp³-hybridized carbons (Fsp3) is 0.462. The number of hydrogen-bond donors (Lipinski definition) is 0. The molecule has 0 spiro atoms. The summed E-state index contributed by atoms with van der Waals surface area (Å²) in [6, 6.07) is 3.60. The molecule has 1 aliphatic rings. The smallest absolute Gasteiger partial charge is 0.138 e. The van der Waals surface area contributed by atoms with Gasteiger partial charge in [0.25, 0.3) is 0 Å². The summed E-state index contributed by atoms with van der Waals surface area (Å²) in [7, 11) is 0. The number of alkyl halides is 1. The summed E-state index contributed by atoms with van der Waals surface area (Å²) < 4.78 is 21.9. The van der Waals surface area contributed by atoms with Crippen molar-refractivity contribution in [2.75, 3.05) is 19.1 Å². The first-order valence-corrected chi connectivity index (χ1v) is 7.81. The Balaban J connectivity index is 2.19. The van der Waals surface area contributed by atoms with Crippen LogP contribution in [0.1, 0.15) is 18.3 Å². The molecule has 0 radical (unpaired) electrons. The van der Waals surface area contributed by atoms with Crippen molar-refractivity contribution in [2.45, 2.75) is 18.9 Å². The van der Waals surface area contributed by atoms with Crippen LogP contribution in [0.25, 0.3) is 11.0 Å². The number of rotatable bonds is 3. The van der Waals surface area contributed by atoms with E-state index < -0.39 is 0 Å². The van der Waals surface area contributed by atoms with Gasteiger partial charge in [-0.05, 0) is 35.1 Å². The Morgan fingerprint density at radius 2 is 2.37 bits per heavy atom. The van der Waals surface area contributed by atoms with Gasteiger partial charge in [0, 0.05) is 25.0 Å². The number of imidazole rings is 1. The van der Waals surface area contributed by atoms with E-state index in [2.05, 4.69) is 9.55 Å². The van der Waals surface area contributed by atoms with Gasteiger partial charge >= 0.3 is 0 Å². The van der Waals surface area contributed by atoms with Gasteiger partial charge in [-0.3, -0.25) is 0 Å². The van der Waals surface area contributed by atoms with Crippen LogP contribution in [0.15, 0.2) is 12.1 Å². The number of aryl methyl sites for hydroxylation is 1. The molecule has 3 nitrogen and oxygen atoms in total. The Morgan fingerprint density at radius 3 is 3.05 bits per heavy atom. The first-order valence-electron chi connectivity index (χ1n) is 6.20. The number of nitrogens with zero attached hydrogens (tertiary/aromatic N) is 2. The van der Waals surface area contributed by atoms with E-state index in [9.17, 15) is 4.39 Å². The van der Waals surface area contributed by atoms with E-state index in [1.807, 2.05) is 22.6 Å². The minimum Gasteiger partial charge on any atom is -0.379 e. The fourth-order valence-electron chi connectivity index (χ4n) is 2.53. The molecule has 0 saturated carbocycles. The average molecular weight is 395 g/mol. The van der Waals surface area contributed by atoms with Crippen LogP contribution >= 0.6 is 34.2 Å². The lowest BCUT2D eigenvalue weighted by molar-refractivity contribution is 0.186. The molecule has 6 heteroatoms. The summed E-state index contributed by atoms with van der Waals surface area (Å²) in [4.78, 5) is 4.60. The highest BCUT2D eigenvalue weighted by molar-refractivity contribution is 14.1. The predicted octanol–water partition coefficient (Wildman–Crippen LogP) is 3.52. The highest BCUT2D eigenvalue weighted by Crippen LogP contribution is 2.29. The Labute approximate surface area is 129 Å². The van der Waals surface area contributed by atoms with Crippen LogP contribution in [-0.2, 0) is 11.2 Å². The minimum atomic E-state index is -0.203. The van der Waals surface area contributed by atoms with Crippen molar-refractivity contribution in [3.05, 3.63) is 27.3 Å². The lowest BCUT2D eigenvalue weighted by Gasteiger charge is -2.14. The van der Waals surface area contributed by atoms with Gasteiger partial charge in [0.2, 0.25) is 0 Å². The molecular weight excluding hydrogens is 382 g/mol. The molecule has 1 aliphatic heterocycles. The van der Waals surface area contributed by atoms with Crippen molar-refractivity contribution in [1.82, 2.24) is 9.55 Å². The topological polar surface area (TPSA) is 27.1 Å². The molecule has 1 saturated heterocycles. The van der Waals surface area contributed by atoms with Gasteiger partial charge < -0.3 is 9.30 Å². The number of ether oxygens (including phenoxy) is 1. The fourth-order valence-corrected chi connectivity index (χ4v) is 3.15. The van der Waals surface area contributed by atoms with Gasteiger partial charge in [-0.15, -0.1) is 11.6 Å².